The van der Waals surface area contributed by atoms with Crippen molar-refractivity contribution in [1.82, 2.24) is 4.31 Å². The van der Waals surface area contributed by atoms with E-state index in [9.17, 15) is 13.2 Å². The van der Waals surface area contributed by atoms with Gasteiger partial charge in [0.2, 0.25) is 10.0 Å². The number of carbonyl (C=O) groups excluding carboxylic acids is 1. The van der Waals surface area contributed by atoms with Gasteiger partial charge in [-0.2, -0.15) is 0 Å². The molecule has 138 valence electrons. The topological polar surface area (TPSA) is 54.5 Å². The predicted octanol–water partition coefficient (Wildman–Crippen LogP) is 3.82. The number of carbonyl (C=O) groups is 1. The molecule has 26 heavy (non-hydrogen) atoms. The number of aryl methyl sites for hydroxylation is 1. The van der Waals surface area contributed by atoms with Crippen LogP contribution in [0.2, 0.25) is 0 Å². The lowest BCUT2D eigenvalue weighted by molar-refractivity contribution is -0.122. The molecule has 1 aliphatic rings. The monoisotopic (exact) mass is 371 g/mol. The first-order valence-corrected chi connectivity index (χ1v) is 10.2. The van der Waals surface area contributed by atoms with Crippen molar-refractivity contribution >= 4 is 15.8 Å². The first kappa shape index (κ1) is 18.8. The zero-order valence-corrected chi connectivity index (χ0v) is 16.6. The van der Waals surface area contributed by atoms with E-state index < -0.39 is 10.0 Å². The minimum absolute atomic E-state index is 0.137. The largest absolute Gasteiger partial charge is 0.299 e. The molecule has 0 saturated heterocycles. The lowest BCUT2D eigenvalue weighted by atomic mass is 9.92. The van der Waals surface area contributed by atoms with Crippen molar-refractivity contribution in [2.24, 2.45) is 5.41 Å². The molecule has 0 atom stereocenters. The van der Waals surface area contributed by atoms with Gasteiger partial charge < -0.3 is 0 Å². The van der Waals surface area contributed by atoms with E-state index in [1.807, 2.05) is 38.1 Å². The van der Waals surface area contributed by atoms with E-state index in [0.717, 1.165) is 35.1 Å². The summed E-state index contributed by atoms with van der Waals surface area (Å²) in [6.45, 7) is 4.04. The summed E-state index contributed by atoms with van der Waals surface area (Å²) in [6.07, 6.45) is 2.40. The van der Waals surface area contributed by atoms with Crippen LogP contribution in [0.5, 0.6) is 0 Å². The van der Waals surface area contributed by atoms with Crippen LogP contribution < -0.4 is 0 Å². The van der Waals surface area contributed by atoms with Crippen LogP contribution >= 0.6 is 0 Å². The fourth-order valence-corrected chi connectivity index (χ4v) is 3.89. The van der Waals surface area contributed by atoms with Gasteiger partial charge in [0.05, 0.1) is 4.90 Å². The maximum absolute atomic E-state index is 12.5. The van der Waals surface area contributed by atoms with Crippen molar-refractivity contribution in [1.29, 1.82) is 0 Å². The summed E-state index contributed by atoms with van der Waals surface area (Å²) in [5.41, 5.74) is 3.72. The standard InChI is InChI=1S/C21H25NO3S/c1-15-8-9-17(12-18(15)14-20(23)21(2)10-11-21)16-6-5-7-19(13-16)26(24,25)22(3)4/h5-9,12-13H,10-11,14H2,1-4H3. The molecule has 0 unspecified atom stereocenters. The van der Waals surface area contributed by atoms with Crippen LogP contribution in [0.1, 0.15) is 30.9 Å². The Morgan fingerprint density at radius 1 is 1.08 bits per heavy atom. The third-order valence-corrected chi connectivity index (χ3v) is 7.13. The van der Waals surface area contributed by atoms with Crippen molar-refractivity contribution in [2.75, 3.05) is 14.1 Å². The van der Waals surface area contributed by atoms with Gasteiger partial charge in [-0.05, 0) is 54.2 Å². The molecule has 1 saturated carbocycles. The van der Waals surface area contributed by atoms with Gasteiger partial charge in [-0.1, -0.05) is 37.3 Å². The summed E-state index contributed by atoms with van der Waals surface area (Å²) in [5.74, 6) is 0.293. The molecular weight excluding hydrogens is 346 g/mol. The lowest BCUT2D eigenvalue weighted by Crippen LogP contribution is -2.22. The van der Waals surface area contributed by atoms with Crippen molar-refractivity contribution in [3.05, 3.63) is 53.6 Å². The van der Waals surface area contributed by atoms with E-state index in [4.69, 9.17) is 0 Å². The Morgan fingerprint density at radius 2 is 1.73 bits per heavy atom. The number of hydrogen-bond donors (Lipinski definition) is 0. The van der Waals surface area contributed by atoms with Gasteiger partial charge in [-0.3, -0.25) is 4.79 Å². The van der Waals surface area contributed by atoms with Crippen LogP contribution in [0.25, 0.3) is 11.1 Å². The van der Waals surface area contributed by atoms with Crippen LogP contribution in [0.15, 0.2) is 47.4 Å². The molecule has 0 amide bonds. The molecule has 3 rings (SSSR count). The van der Waals surface area contributed by atoms with Crippen LogP contribution in [0.4, 0.5) is 0 Å². The molecule has 4 nitrogen and oxygen atoms in total. The second-order valence-electron chi connectivity index (χ2n) is 7.62. The Kier molecular flexibility index (Phi) is 4.80. The summed E-state index contributed by atoms with van der Waals surface area (Å²) < 4.78 is 26.0. The average molecular weight is 372 g/mol. The maximum atomic E-state index is 12.5. The Balaban J connectivity index is 1.95. The minimum Gasteiger partial charge on any atom is -0.299 e. The Labute approximate surface area is 155 Å². The highest BCUT2D eigenvalue weighted by atomic mass is 32.2. The third-order valence-electron chi connectivity index (χ3n) is 5.32. The highest BCUT2D eigenvalue weighted by Crippen LogP contribution is 2.46. The summed E-state index contributed by atoms with van der Waals surface area (Å²) in [7, 11) is -0.429. The summed E-state index contributed by atoms with van der Waals surface area (Å²) in [4.78, 5) is 12.7. The highest BCUT2D eigenvalue weighted by molar-refractivity contribution is 7.89. The molecular formula is C21H25NO3S. The second-order valence-corrected chi connectivity index (χ2v) is 9.77. The Morgan fingerprint density at radius 3 is 2.35 bits per heavy atom. The minimum atomic E-state index is -3.48. The average Bonchev–Trinajstić information content (AvgIpc) is 3.36. The molecule has 0 bridgehead atoms. The van der Waals surface area contributed by atoms with Gasteiger partial charge in [-0.15, -0.1) is 0 Å². The normalized spacial score (nSPS) is 15.9. The van der Waals surface area contributed by atoms with Gasteiger partial charge in [-0.25, -0.2) is 12.7 Å². The number of ketones is 1. The lowest BCUT2D eigenvalue weighted by Gasteiger charge is -2.14. The number of Topliss-reactive ketones (excluding diaryl/α,β-unsaturated/α-hetero) is 1. The highest BCUT2D eigenvalue weighted by Gasteiger charge is 2.44. The van der Waals surface area contributed by atoms with Crippen LogP contribution in [0, 0.1) is 12.3 Å². The smallest absolute Gasteiger partial charge is 0.242 e. The van der Waals surface area contributed by atoms with Gasteiger partial charge >= 0.3 is 0 Å². The summed E-state index contributed by atoms with van der Waals surface area (Å²) >= 11 is 0. The fraction of sp³-hybridized carbons (Fsp3) is 0.381. The second kappa shape index (κ2) is 6.63. The van der Waals surface area contributed by atoms with Crippen molar-refractivity contribution in [2.45, 2.75) is 38.0 Å². The van der Waals surface area contributed by atoms with E-state index in [-0.39, 0.29) is 10.3 Å². The number of nitrogens with zero attached hydrogens (tertiary/aromatic N) is 1. The molecule has 0 radical (unpaired) electrons. The molecule has 0 spiro atoms. The first-order chi connectivity index (χ1) is 12.1. The van der Waals surface area contributed by atoms with Crippen LogP contribution in [0.3, 0.4) is 0 Å². The first-order valence-electron chi connectivity index (χ1n) is 8.79. The molecule has 0 aromatic heterocycles. The van der Waals surface area contributed by atoms with Gasteiger partial charge in [0, 0.05) is 25.9 Å². The SMILES string of the molecule is Cc1ccc(-c2cccc(S(=O)(=O)N(C)C)c2)cc1CC(=O)C1(C)CC1. The maximum Gasteiger partial charge on any atom is 0.242 e. The Hall–Kier alpha value is -1.98. The van der Waals surface area contributed by atoms with E-state index in [2.05, 4.69) is 0 Å². The molecule has 1 fully saturated rings. The van der Waals surface area contributed by atoms with Gasteiger partial charge in [0.15, 0.2) is 0 Å². The number of hydrogen-bond acceptors (Lipinski definition) is 3. The summed E-state index contributed by atoms with van der Waals surface area (Å²) in [6, 6.07) is 12.9. The van der Waals surface area contributed by atoms with E-state index in [1.54, 1.807) is 18.2 Å². The molecule has 2 aromatic rings. The van der Waals surface area contributed by atoms with Crippen LogP contribution in [-0.2, 0) is 21.2 Å². The van der Waals surface area contributed by atoms with Crippen LogP contribution in [-0.4, -0.2) is 32.6 Å². The zero-order valence-electron chi connectivity index (χ0n) is 15.7. The van der Waals surface area contributed by atoms with E-state index in [0.29, 0.717) is 12.2 Å². The fourth-order valence-electron chi connectivity index (χ4n) is 2.94. The predicted molar refractivity (Wildman–Crippen MR) is 104 cm³/mol. The van der Waals surface area contributed by atoms with Crippen molar-refractivity contribution < 1.29 is 13.2 Å². The van der Waals surface area contributed by atoms with Crippen molar-refractivity contribution in [3.8, 4) is 11.1 Å². The quantitative estimate of drug-likeness (QED) is 0.775. The Bertz CT molecular complexity index is 957. The molecule has 5 heteroatoms. The van der Waals surface area contributed by atoms with Gasteiger partial charge in [0.1, 0.15) is 5.78 Å². The van der Waals surface area contributed by atoms with E-state index >= 15 is 0 Å². The molecule has 1 aliphatic carbocycles. The zero-order chi connectivity index (χ0) is 19.1. The third kappa shape index (κ3) is 3.60. The molecule has 0 heterocycles. The van der Waals surface area contributed by atoms with Crippen molar-refractivity contribution in [3.63, 3.8) is 0 Å². The molecule has 2 aromatic carbocycles. The molecule has 0 N–H and O–H groups in total. The molecule has 0 aliphatic heterocycles. The number of rotatable bonds is 6. The number of sulfonamides is 1. The van der Waals surface area contributed by atoms with E-state index in [1.165, 1.54) is 18.4 Å². The number of benzene rings is 2. The van der Waals surface area contributed by atoms with Gasteiger partial charge in [0.25, 0.3) is 0 Å². The summed E-state index contributed by atoms with van der Waals surface area (Å²) in [5, 5.41) is 0.